The van der Waals surface area contributed by atoms with Crippen molar-refractivity contribution in [3.05, 3.63) is 23.8 Å². The molecule has 2 amide bonds. The summed E-state index contributed by atoms with van der Waals surface area (Å²) < 4.78 is 6.07. The maximum atomic E-state index is 13.2. The summed E-state index contributed by atoms with van der Waals surface area (Å²) in [6, 6.07) is 5.98. The third-order valence-electron chi connectivity index (χ3n) is 7.20. The molecule has 2 aliphatic heterocycles. The van der Waals surface area contributed by atoms with Gasteiger partial charge in [0.2, 0.25) is 17.8 Å². The molecular formula is C26H38N4O4. The lowest BCUT2D eigenvalue weighted by Crippen LogP contribution is -2.46. The highest BCUT2D eigenvalue weighted by Gasteiger charge is 2.32. The summed E-state index contributed by atoms with van der Waals surface area (Å²) >= 11 is 0. The first-order chi connectivity index (χ1) is 16.6. The average Bonchev–Trinajstić information content (AvgIpc) is 3.22. The van der Waals surface area contributed by atoms with Gasteiger partial charge in [-0.1, -0.05) is 38.7 Å². The summed E-state index contributed by atoms with van der Waals surface area (Å²) in [6.45, 7) is 3.91. The van der Waals surface area contributed by atoms with Crippen molar-refractivity contribution >= 4 is 23.5 Å². The van der Waals surface area contributed by atoms with Crippen LogP contribution in [0.1, 0.15) is 70.3 Å². The fourth-order valence-electron chi connectivity index (χ4n) is 5.57. The molecule has 0 aromatic heterocycles. The van der Waals surface area contributed by atoms with Crippen molar-refractivity contribution in [2.45, 2.75) is 77.3 Å². The van der Waals surface area contributed by atoms with Crippen LogP contribution in [0, 0.1) is 5.92 Å². The first-order valence-corrected chi connectivity index (χ1v) is 12.9. The van der Waals surface area contributed by atoms with E-state index in [-0.39, 0.29) is 24.5 Å². The van der Waals surface area contributed by atoms with E-state index in [9.17, 15) is 14.7 Å². The number of hydrogen-bond donors (Lipinski definition) is 2. The number of nitrogens with one attached hydrogen (secondary N) is 1. The highest BCUT2D eigenvalue weighted by molar-refractivity contribution is 6.05. The van der Waals surface area contributed by atoms with Gasteiger partial charge in [-0.05, 0) is 43.7 Å². The number of aliphatic hydroxyl groups is 1. The number of guanidine groups is 1. The van der Waals surface area contributed by atoms with E-state index in [2.05, 4.69) is 17.2 Å². The van der Waals surface area contributed by atoms with Crippen molar-refractivity contribution in [2.24, 2.45) is 10.9 Å². The van der Waals surface area contributed by atoms with Crippen LogP contribution in [-0.4, -0.2) is 65.0 Å². The van der Waals surface area contributed by atoms with Gasteiger partial charge in [-0.25, -0.2) is 4.99 Å². The number of carbonyl (C=O) groups excluding carboxylic acids is 2. The van der Waals surface area contributed by atoms with E-state index in [1.54, 1.807) is 0 Å². The van der Waals surface area contributed by atoms with Gasteiger partial charge in [0.25, 0.3) is 0 Å². The summed E-state index contributed by atoms with van der Waals surface area (Å²) in [5, 5.41) is 12.4. The van der Waals surface area contributed by atoms with E-state index in [1.165, 1.54) is 32.1 Å². The molecule has 0 bridgehead atoms. The lowest BCUT2D eigenvalue weighted by atomic mass is 9.81. The van der Waals surface area contributed by atoms with Gasteiger partial charge >= 0.3 is 0 Å². The lowest BCUT2D eigenvalue weighted by molar-refractivity contribution is -0.136. The Kier molecular flexibility index (Phi) is 8.43. The monoisotopic (exact) mass is 470 g/mol. The Hall–Kier alpha value is -2.61. The normalized spacial score (nSPS) is 18.6. The van der Waals surface area contributed by atoms with Crippen molar-refractivity contribution in [3.63, 3.8) is 0 Å². The number of nitrogens with zero attached hydrogens (tertiary/aromatic N) is 3. The van der Waals surface area contributed by atoms with Crippen molar-refractivity contribution in [3.8, 4) is 5.75 Å². The zero-order valence-electron chi connectivity index (χ0n) is 20.3. The molecule has 1 saturated heterocycles. The van der Waals surface area contributed by atoms with Crippen molar-refractivity contribution < 1.29 is 19.4 Å². The summed E-state index contributed by atoms with van der Waals surface area (Å²) in [5.74, 6) is 1.98. The maximum absolute atomic E-state index is 13.2. The summed E-state index contributed by atoms with van der Waals surface area (Å²) in [5.41, 5.74) is 1.78. The van der Waals surface area contributed by atoms with Crippen LogP contribution in [0.2, 0.25) is 0 Å². The van der Waals surface area contributed by atoms with Crippen LogP contribution in [0.3, 0.4) is 0 Å². The number of fused-ring (bicyclic) bond motifs is 2. The SMILES string of the molecule is CCCC(C1CCCCC1)N(CCO)C(=O)CCCOc1cccc2c1CN1CC(=O)NC1=N2. The van der Waals surface area contributed by atoms with E-state index in [4.69, 9.17) is 4.74 Å². The molecule has 4 rings (SSSR count). The molecule has 3 aliphatic rings. The highest BCUT2D eigenvalue weighted by Crippen LogP contribution is 2.34. The van der Waals surface area contributed by atoms with Gasteiger partial charge in [-0.15, -0.1) is 0 Å². The standard InChI is InChI=1S/C26H38N4O4/c1-2-8-22(19-9-4-3-5-10-19)30(14-15-31)25(33)13-7-16-34-23-12-6-11-21-20(23)17-29-18-24(32)28-26(29)27-21/h6,11-12,19,22,31H,2-5,7-10,13-18H2,1H3,(H,27,28,32). The Labute approximate surface area is 202 Å². The van der Waals surface area contributed by atoms with Crippen molar-refractivity contribution in [1.82, 2.24) is 15.1 Å². The third kappa shape index (κ3) is 5.71. The van der Waals surface area contributed by atoms with E-state index < -0.39 is 0 Å². The fourth-order valence-corrected chi connectivity index (χ4v) is 5.57. The number of amides is 2. The van der Waals surface area contributed by atoms with Crippen molar-refractivity contribution in [2.75, 3.05) is 26.3 Å². The molecule has 2 heterocycles. The van der Waals surface area contributed by atoms with Crippen LogP contribution in [0.15, 0.2) is 23.2 Å². The largest absolute Gasteiger partial charge is 0.493 e. The molecule has 0 radical (unpaired) electrons. The smallest absolute Gasteiger partial charge is 0.246 e. The number of carbonyl (C=O) groups is 2. The topological polar surface area (TPSA) is 94.5 Å². The summed E-state index contributed by atoms with van der Waals surface area (Å²) in [7, 11) is 0. The van der Waals surface area contributed by atoms with E-state index in [0.717, 1.165) is 29.8 Å². The van der Waals surface area contributed by atoms with Gasteiger partial charge in [0.15, 0.2) is 0 Å². The van der Waals surface area contributed by atoms with Gasteiger partial charge in [-0.3, -0.25) is 14.9 Å². The lowest BCUT2D eigenvalue weighted by Gasteiger charge is -2.39. The van der Waals surface area contributed by atoms with Gasteiger partial charge in [-0.2, -0.15) is 0 Å². The second kappa shape index (κ2) is 11.7. The Morgan fingerprint density at radius 1 is 1.29 bits per heavy atom. The van der Waals surface area contributed by atoms with Crippen LogP contribution in [-0.2, 0) is 16.1 Å². The molecule has 8 heteroatoms. The molecule has 186 valence electrons. The first kappa shape index (κ1) is 24.5. The minimum atomic E-state index is -0.0467. The Morgan fingerprint density at radius 2 is 2.12 bits per heavy atom. The number of aliphatic imine (C=N–C) groups is 1. The van der Waals surface area contributed by atoms with E-state index >= 15 is 0 Å². The molecular weight excluding hydrogens is 432 g/mol. The third-order valence-corrected chi connectivity index (χ3v) is 7.20. The first-order valence-electron chi connectivity index (χ1n) is 12.9. The predicted octanol–water partition coefficient (Wildman–Crippen LogP) is 3.35. The molecule has 1 aromatic rings. The van der Waals surface area contributed by atoms with Crippen LogP contribution in [0.5, 0.6) is 5.75 Å². The van der Waals surface area contributed by atoms with E-state index in [1.807, 2.05) is 28.0 Å². The minimum Gasteiger partial charge on any atom is -0.493 e. The molecule has 1 aromatic carbocycles. The maximum Gasteiger partial charge on any atom is 0.246 e. The molecule has 2 N–H and O–H groups in total. The molecule has 1 atom stereocenters. The number of hydrogen-bond acceptors (Lipinski definition) is 6. The molecule has 0 spiro atoms. The minimum absolute atomic E-state index is 0.00168. The van der Waals surface area contributed by atoms with E-state index in [0.29, 0.717) is 51.0 Å². The Bertz CT molecular complexity index is 897. The number of aliphatic hydroxyl groups excluding tert-OH is 1. The van der Waals surface area contributed by atoms with Crippen molar-refractivity contribution in [1.29, 1.82) is 0 Å². The Balaban J connectivity index is 1.33. The number of ether oxygens (including phenoxy) is 1. The quantitative estimate of drug-likeness (QED) is 0.484. The molecule has 8 nitrogen and oxygen atoms in total. The predicted molar refractivity (Wildman–Crippen MR) is 131 cm³/mol. The average molecular weight is 471 g/mol. The van der Waals surface area contributed by atoms with Gasteiger partial charge in [0.1, 0.15) is 12.3 Å². The van der Waals surface area contributed by atoms with Crippen LogP contribution in [0.25, 0.3) is 0 Å². The van der Waals surface area contributed by atoms with Gasteiger partial charge < -0.3 is 19.6 Å². The molecule has 2 fully saturated rings. The van der Waals surface area contributed by atoms with Crippen LogP contribution >= 0.6 is 0 Å². The highest BCUT2D eigenvalue weighted by atomic mass is 16.5. The number of rotatable bonds is 11. The van der Waals surface area contributed by atoms with Crippen LogP contribution < -0.4 is 10.1 Å². The Morgan fingerprint density at radius 3 is 2.88 bits per heavy atom. The summed E-state index contributed by atoms with van der Waals surface area (Å²) in [4.78, 5) is 33.3. The zero-order valence-corrected chi connectivity index (χ0v) is 20.3. The number of benzene rings is 1. The van der Waals surface area contributed by atoms with Gasteiger partial charge in [0.05, 0.1) is 25.4 Å². The van der Waals surface area contributed by atoms with Crippen LogP contribution in [0.4, 0.5) is 5.69 Å². The molecule has 1 aliphatic carbocycles. The molecule has 1 saturated carbocycles. The fraction of sp³-hybridized carbons (Fsp3) is 0.654. The molecule has 1 unspecified atom stereocenters. The second-order valence-corrected chi connectivity index (χ2v) is 9.61. The second-order valence-electron chi connectivity index (χ2n) is 9.61. The zero-order chi connectivity index (χ0) is 23.9. The summed E-state index contributed by atoms with van der Waals surface area (Å²) in [6.07, 6.45) is 9.22. The molecule has 34 heavy (non-hydrogen) atoms. The van der Waals surface area contributed by atoms with Gasteiger partial charge in [0, 0.05) is 24.6 Å².